The van der Waals surface area contributed by atoms with Gasteiger partial charge in [0.15, 0.2) is 0 Å². The predicted octanol–water partition coefficient (Wildman–Crippen LogP) is 9.26. The van der Waals surface area contributed by atoms with Crippen molar-refractivity contribution in [3.8, 4) is 11.5 Å². The van der Waals surface area contributed by atoms with Crippen LogP contribution in [0.15, 0.2) is 72.8 Å². The highest BCUT2D eigenvalue weighted by Crippen LogP contribution is 2.25. The van der Waals surface area contributed by atoms with Gasteiger partial charge in [0, 0.05) is 6.61 Å². The van der Waals surface area contributed by atoms with Gasteiger partial charge in [0.25, 0.3) is 0 Å². The Kier molecular flexibility index (Phi) is 17.8. The second-order valence-corrected chi connectivity index (χ2v) is 10.8. The van der Waals surface area contributed by atoms with Gasteiger partial charge < -0.3 is 24.4 Å². The molecule has 45 heavy (non-hydrogen) atoms. The molecule has 0 atom stereocenters. The van der Waals surface area contributed by atoms with Crippen LogP contribution in [0.5, 0.6) is 11.5 Å². The summed E-state index contributed by atoms with van der Waals surface area (Å²) in [6.45, 7) is 5.52. The van der Waals surface area contributed by atoms with Gasteiger partial charge in [-0.05, 0) is 82.9 Å². The van der Waals surface area contributed by atoms with Gasteiger partial charge in [-0.1, -0.05) is 89.5 Å². The molecule has 7 nitrogen and oxygen atoms in total. The van der Waals surface area contributed by atoms with Crippen LogP contribution in [0.2, 0.25) is 0 Å². The molecule has 0 heterocycles. The quantitative estimate of drug-likeness (QED) is 0.107. The van der Waals surface area contributed by atoms with Crippen LogP contribution in [0, 0.1) is 0 Å². The van der Waals surface area contributed by atoms with Crippen LogP contribution in [0.1, 0.15) is 98.8 Å². The number of hydrogen-bond acceptors (Lipinski definition) is 7. The van der Waals surface area contributed by atoms with Crippen LogP contribution >= 0.6 is 0 Å². The molecule has 0 saturated carbocycles. The van der Waals surface area contributed by atoms with Crippen molar-refractivity contribution in [2.45, 2.75) is 78.1 Å². The van der Waals surface area contributed by atoms with Crippen LogP contribution in [-0.2, 0) is 9.47 Å². The van der Waals surface area contributed by atoms with Crippen molar-refractivity contribution in [2.24, 2.45) is 0 Å². The number of aromatic hydroxyl groups is 1. The number of benzene rings is 4. The number of esters is 2. The normalized spacial score (nSPS) is 10.3. The maximum atomic E-state index is 11.8. The summed E-state index contributed by atoms with van der Waals surface area (Å²) in [4.78, 5) is 23.2. The average Bonchev–Trinajstić information content (AvgIpc) is 3.07. The van der Waals surface area contributed by atoms with Crippen molar-refractivity contribution in [2.75, 3.05) is 27.4 Å². The summed E-state index contributed by atoms with van der Waals surface area (Å²) in [5.41, 5.74) is 1.10. The summed E-state index contributed by atoms with van der Waals surface area (Å²) in [6, 6.07) is 21.6. The molecule has 0 fully saturated rings. The van der Waals surface area contributed by atoms with Crippen LogP contribution in [-0.4, -0.2) is 49.6 Å². The van der Waals surface area contributed by atoms with Gasteiger partial charge in [-0.2, -0.15) is 0 Å². The average molecular weight is 619 g/mol. The molecule has 0 amide bonds. The third kappa shape index (κ3) is 12.8. The van der Waals surface area contributed by atoms with Crippen LogP contribution in [0.25, 0.3) is 21.5 Å². The maximum Gasteiger partial charge on any atom is 0.338 e. The molecule has 4 aromatic carbocycles. The van der Waals surface area contributed by atoms with E-state index in [1.54, 1.807) is 36.4 Å². The van der Waals surface area contributed by atoms with E-state index in [2.05, 4.69) is 18.6 Å². The van der Waals surface area contributed by atoms with E-state index in [9.17, 15) is 14.7 Å². The predicted molar refractivity (Wildman–Crippen MR) is 182 cm³/mol. The lowest BCUT2D eigenvalue weighted by Gasteiger charge is -2.09. The molecule has 0 unspecified atom stereocenters. The summed E-state index contributed by atoms with van der Waals surface area (Å²) in [5, 5.41) is 21.1. The number of aliphatic hydroxyl groups is 1. The highest BCUT2D eigenvalue weighted by molar-refractivity contribution is 6.05. The zero-order valence-corrected chi connectivity index (χ0v) is 27.3. The second kappa shape index (κ2) is 21.6. The maximum absolute atomic E-state index is 11.8. The first-order chi connectivity index (χ1) is 21.9. The molecule has 0 spiro atoms. The summed E-state index contributed by atoms with van der Waals surface area (Å²) < 4.78 is 15.3. The van der Waals surface area contributed by atoms with Crippen molar-refractivity contribution in [3.05, 3.63) is 83.9 Å². The summed E-state index contributed by atoms with van der Waals surface area (Å²) in [7, 11) is 2.75. The van der Waals surface area contributed by atoms with Crippen molar-refractivity contribution >= 4 is 33.5 Å². The number of fused-ring (bicyclic) bond motifs is 2. The zero-order chi connectivity index (χ0) is 32.9. The third-order valence-corrected chi connectivity index (χ3v) is 7.30. The first-order valence-corrected chi connectivity index (χ1v) is 16.0. The highest BCUT2D eigenvalue weighted by atomic mass is 16.5. The molecule has 0 aliphatic rings. The fourth-order valence-corrected chi connectivity index (χ4v) is 4.81. The Labute approximate surface area is 268 Å². The van der Waals surface area contributed by atoms with Crippen LogP contribution < -0.4 is 4.74 Å². The lowest BCUT2D eigenvalue weighted by Crippen LogP contribution is -2.02. The standard InChI is InChI=1S/C19H24O3.C12H10O3.C7H16O/c1-3-4-5-6-7-13-22-16-11-12-17-15(14-16)9-8-10-18(17)19(20)21-2;1-15-12(14)11-4-2-3-8-7-9(13)5-6-10(8)11;1-2-3-4-5-6-7-8/h8-12,14H,3-7,13H2,1-2H3;2-7,13H,1H3;8H,2-7H2,1H3. The van der Waals surface area contributed by atoms with E-state index in [1.807, 2.05) is 36.4 Å². The number of carbonyl (C=O) groups is 2. The molecule has 0 aromatic heterocycles. The van der Waals surface area contributed by atoms with Crippen molar-refractivity contribution in [1.29, 1.82) is 0 Å². The largest absolute Gasteiger partial charge is 0.508 e. The number of hydrogen-bond donors (Lipinski definition) is 2. The summed E-state index contributed by atoms with van der Waals surface area (Å²) >= 11 is 0. The number of phenols is 1. The Balaban J connectivity index is 0.000000264. The van der Waals surface area contributed by atoms with Gasteiger partial charge >= 0.3 is 11.9 Å². The molecular formula is C38H50O7. The Hall–Kier alpha value is -4.10. The van der Waals surface area contributed by atoms with E-state index >= 15 is 0 Å². The molecule has 0 radical (unpaired) electrons. The second-order valence-electron chi connectivity index (χ2n) is 10.8. The van der Waals surface area contributed by atoms with Crippen molar-refractivity contribution in [3.63, 3.8) is 0 Å². The fraction of sp³-hybridized carbons (Fsp3) is 0.421. The Morgan fingerprint density at radius 1 is 0.622 bits per heavy atom. The first-order valence-electron chi connectivity index (χ1n) is 16.0. The zero-order valence-electron chi connectivity index (χ0n) is 27.3. The minimum absolute atomic E-state index is 0.185. The summed E-state index contributed by atoms with van der Waals surface area (Å²) in [5.74, 6) is 0.357. The van der Waals surface area contributed by atoms with E-state index in [4.69, 9.17) is 14.6 Å². The molecule has 0 aliphatic carbocycles. The smallest absolute Gasteiger partial charge is 0.338 e. The van der Waals surface area contributed by atoms with Gasteiger partial charge in [0.1, 0.15) is 11.5 Å². The molecule has 4 aromatic rings. The van der Waals surface area contributed by atoms with E-state index < -0.39 is 0 Å². The number of aliphatic hydroxyl groups excluding tert-OH is 1. The SMILES string of the molecule is CCCCCCCO.CCCCCCCOc1ccc2c(C(=O)OC)cccc2c1.COC(=O)c1cccc2cc(O)ccc12. The van der Waals surface area contributed by atoms with E-state index in [-0.39, 0.29) is 17.7 Å². The molecule has 0 aliphatic heterocycles. The monoisotopic (exact) mass is 618 g/mol. The number of ether oxygens (including phenoxy) is 3. The number of methoxy groups -OCH3 is 2. The molecule has 244 valence electrons. The molecule has 7 heteroatoms. The summed E-state index contributed by atoms with van der Waals surface area (Å²) in [6.07, 6.45) is 12.2. The minimum atomic E-state index is -0.369. The molecular weight excluding hydrogens is 568 g/mol. The lowest BCUT2D eigenvalue weighted by atomic mass is 10.0. The van der Waals surface area contributed by atoms with Crippen molar-refractivity contribution < 1.29 is 34.0 Å². The number of unbranched alkanes of at least 4 members (excludes halogenated alkanes) is 8. The Bertz CT molecular complexity index is 1440. The minimum Gasteiger partial charge on any atom is -0.508 e. The molecule has 0 saturated heterocycles. The fourth-order valence-electron chi connectivity index (χ4n) is 4.81. The number of carbonyl (C=O) groups excluding carboxylic acids is 2. The number of phenolic OH excluding ortho intramolecular Hbond substituents is 1. The van der Waals surface area contributed by atoms with Crippen molar-refractivity contribution in [1.82, 2.24) is 0 Å². The van der Waals surface area contributed by atoms with Gasteiger partial charge in [0.05, 0.1) is 32.0 Å². The van der Waals surface area contributed by atoms with Gasteiger partial charge in [0.2, 0.25) is 0 Å². The van der Waals surface area contributed by atoms with E-state index in [0.717, 1.165) is 46.7 Å². The van der Waals surface area contributed by atoms with E-state index in [0.29, 0.717) is 17.7 Å². The topological polar surface area (TPSA) is 102 Å². The first kappa shape index (κ1) is 37.1. The Morgan fingerprint density at radius 2 is 1.13 bits per heavy atom. The van der Waals surface area contributed by atoms with E-state index in [1.165, 1.54) is 65.6 Å². The van der Waals surface area contributed by atoms with Gasteiger partial charge in [-0.3, -0.25) is 0 Å². The molecule has 2 N–H and O–H groups in total. The third-order valence-electron chi connectivity index (χ3n) is 7.30. The van der Waals surface area contributed by atoms with Crippen LogP contribution in [0.4, 0.5) is 0 Å². The number of rotatable bonds is 14. The lowest BCUT2D eigenvalue weighted by molar-refractivity contribution is 0.0594. The van der Waals surface area contributed by atoms with Crippen LogP contribution in [0.3, 0.4) is 0 Å². The molecule has 4 rings (SSSR count). The van der Waals surface area contributed by atoms with Gasteiger partial charge in [-0.15, -0.1) is 0 Å². The molecule has 0 bridgehead atoms. The van der Waals surface area contributed by atoms with Gasteiger partial charge in [-0.25, -0.2) is 9.59 Å². The highest BCUT2D eigenvalue weighted by Gasteiger charge is 2.11. The Morgan fingerprint density at radius 3 is 1.67 bits per heavy atom.